The number of hydrogen-bond donors (Lipinski definition) is 1. The molecule has 1 heterocycles. The van der Waals surface area contributed by atoms with Crippen LogP contribution in [0.2, 0.25) is 0 Å². The van der Waals surface area contributed by atoms with Gasteiger partial charge in [0.25, 0.3) is 5.56 Å². The van der Waals surface area contributed by atoms with Crippen molar-refractivity contribution in [3.8, 4) is 5.69 Å². The van der Waals surface area contributed by atoms with Crippen LogP contribution in [0.15, 0.2) is 41.3 Å². The van der Waals surface area contributed by atoms with Gasteiger partial charge in [0, 0.05) is 6.07 Å². The highest BCUT2D eigenvalue weighted by atomic mass is 16.4. The Morgan fingerprint density at radius 2 is 1.95 bits per heavy atom. The lowest BCUT2D eigenvalue weighted by Crippen LogP contribution is -2.22. The van der Waals surface area contributed by atoms with Crippen molar-refractivity contribution in [1.82, 2.24) is 9.78 Å². The van der Waals surface area contributed by atoms with Crippen LogP contribution in [0.25, 0.3) is 5.69 Å². The summed E-state index contributed by atoms with van der Waals surface area (Å²) in [6, 6.07) is 8.76. The molecule has 0 radical (unpaired) electrons. The third-order valence-corrected chi connectivity index (χ3v) is 3.86. The van der Waals surface area contributed by atoms with Crippen LogP contribution in [0, 0.1) is 0 Å². The van der Waals surface area contributed by atoms with Crippen molar-refractivity contribution in [2.45, 2.75) is 25.2 Å². The normalized spacial score (nSPS) is 15.8. The van der Waals surface area contributed by atoms with E-state index in [1.54, 1.807) is 0 Å². The first-order chi connectivity index (χ1) is 9.49. The van der Waals surface area contributed by atoms with Gasteiger partial charge in [-0.15, -0.1) is 0 Å². The zero-order valence-corrected chi connectivity index (χ0v) is 11.0. The maximum absolute atomic E-state index is 11.9. The number of carboxylic acids is 1. The molecule has 1 aromatic carbocycles. The highest BCUT2D eigenvalue weighted by Gasteiger charge is 2.38. The second-order valence-corrected chi connectivity index (χ2v) is 5.41. The fourth-order valence-corrected chi connectivity index (χ4v) is 2.20. The second kappa shape index (κ2) is 4.30. The van der Waals surface area contributed by atoms with Gasteiger partial charge in [-0.3, -0.25) is 4.79 Å². The first-order valence-electron chi connectivity index (χ1n) is 6.43. The van der Waals surface area contributed by atoms with E-state index in [0.29, 0.717) is 5.69 Å². The topological polar surface area (TPSA) is 72.2 Å². The molecule has 5 heteroatoms. The monoisotopic (exact) mass is 270 g/mol. The molecule has 0 amide bonds. The Kier molecular flexibility index (Phi) is 2.71. The van der Waals surface area contributed by atoms with Crippen LogP contribution in [0.5, 0.6) is 0 Å². The minimum Gasteiger partial charge on any atom is -0.478 e. The van der Waals surface area contributed by atoms with Gasteiger partial charge < -0.3 is 5.11 Å². The van der Waals surface area contributed by atoms with Crippen molar-refractivity contribution in [1.29, 1.82) is 0 Å². The largest absolute Gasteiger partial charge is 0.478 e. The zero-order valence-electron chi connectivity index (χ0n) is 11.0. The van der Waals surface area contributed by atoms with Crippen molar-refractivity contribution in [2.24, 2.45) is 0 Å². The summed E-state index contributed by atoms with van der Waals surface area (Å²) in [6.07, 6.45) is 3.57. The van der Waals surface area contributed by atoms with E-state index in [9.17, 15) is 9.59 Å². The minimum absolute atomic E-state index is 0.103. The van der Waals surface area contributed by atoms with Crippen LogP contribution < -0.4 is 5.56 Å². The smallest absolute Gasteiger partial charge is 0.337 e. The quantitative estimate of drug-likeness (QED) is 0.925. The number of hydrogen-bond acceptors (Lipinski definition) is 3. The molecule has 0 unspecified atom stereocenters. The van der Waals surface area contributed by atoms with Crippen LogP contribution in [-0.2, 0) is 5.41 Å². The standard InChI is InChI=1S/C15H14N2O3/c1-15(6-7-15)11-2-4-12(5-3-11)17-13(18)8-10(9-16-17)14(19)20/h2-5,8-9H,6-7H2,1H3,(H,19,20). The number of benzene rings is 1. The predicted octanol–water partition coefficient (Wildman–Crippen LogP) is 1.98. The molecule has 3 rings (SSSR count). The molecule has 1 saturated carbocycles. The second-order valence-electron chi connectivity index (χ2n) is 5.41. The molecule has 1 aliphatic carbocycles. The third kappa shape index (κ3) is 2.11. The molecular weight excluding hydrogens is 256 g/mol. The third-order valence-electron chi connectivity index (χ3n) is 3.86. The predicted molar refractivity (Wildman–Crippen MR) is 73.4 cm³/mol. The van der Waals surface area contributed by atoms with Crippen LogP contribution in [-0.4, -0.2) is 20.9 Å². The lowest BCUT2D eigenvalue weighted by Gasteiger charge is -2.10. The molecule has 2 aromatic rings. The highest BCUT2D eigenvalue weighted by Crippen LogP contribution is 2.47. The zero-order chi connectivity index (χ0) is 14.3. The number of rotatable bonds is 3. The van der Waals surface area contributed by atoms with Gasteiger partial charge in [-0.1, -0.05) is 19.1 Å². The molecule has 0 spiro atoms. The summed E-state index contributed by atoms with van der Waals surface area (Å²) >= 11 is 0. The number of aromatic carboxylic acids is 1. The lowest BCUT2D eigenvalue weighted by molar-refractivity contribution is 0.0696. The van der Waals surface area contributed by atoms with Crippen molar-refractivity contribution in [3.05, 3.63) is 58.0 Å². The van der Waals surface area contributed by atoms with Crippen molar-refractivity contribution < 1.29 is 9.90 Å². The van der Waals surface area contributed by atoms with E-state index in [4.69, 9.17) is 5.11 Å². The SMILES string of the molecule is CC1(c2ccc(-n3ncc(C(=O)O)cc3=O)cc2)CC1. The van der Waals surface area contributed by atoms with Crippen molar-refractivity contribution in [2.75, 3.05) is 0 Å². The van der Waals surface area contributed by atoms with Crippen molar-refractivity contribution in [3.63, 3.8) is 0 Å². The van der Waals surface area contributed by atoms with Crippen LogP contribution in [0.3, 0.4) is 0 Å². The molecule has 0 saturated heterocycles. The molecule has 1 aliphatic rings. The van der Waals surface area contributed by atoms with Crippen molar-refractivity contribution >= 4 is 5.97 Å². The number of carbonyl (C=O) groups is 1. The fourth-order valence-electron chi connectivity index (χ4n) is 2.20. The maximum atomic E-state index is 11.9. The first kappa shape index (κ1) is 12.6. The Hall–Kier alpha value is -2.43. The summed E-state index contributed by atoms with van der Waals surface area (Å²) < 4.78 is 1.20. The molecule has 0 bridgehead atoms. The van der Waals surface area contributed by atoms with E-state index in [1.807, 2.05) is 24.3 Å². The Morgan fingerprint density at radius 3 is 2.45 bits per heavy atom. The van der Waals surface area contributed by atoms with Crippen LogP contribution in [0.1, 0.15) is 35.7 Å². The van der Waals surface area contributed by atoms with Crippen LogP contribution in [0.4, 0.5) is 0 Å². The molecular formula is C15H14N2O3. The molecule has 0 atom stereocenters. The van der Waals surface area contributed by atoms with Crippen LogP contribution >= 0.6 is 0 Å². The summed E-state index contributed by atoms with van der Waals surface area (Å²) in [7, 11) is 0. The molecule has 5 nitrogen and oxygen atoms in total. The Balaban J connectivity index is 1.97. The van der Waals surface area contributed by atoms with Gasteiger partial charge in [-0.25, -0.2) is 4.79 Å². The van der Waals surface area contributed by atoms with E-state index in [-0.39, 0.29) is 11.0 Å². The number of nitrogens with zero attached hydrogens (tertiary/aromatic N) is 2. The number of aromatic nitrogens is 2. The molecule has 0 aliphatic heterocycles. The first-order valence-corrected chi connectivity index (χ1v) is 6.43. The molecule has 20 heavy (non-hydrogen) atoms. The average Bonchev–Trinajstić information content (AvgIpc) is 3.18. The van der Waals surface area contributed by atoms with Gasteiger partial charge in [0.15, 0.2) is 0 Å². The van der Waals surface area contributed by atoms with E-state index in [1.165, 1.54) is 29.3 Å². The Labute approximate surface area is 115 Å². The van der Waals surface area contributed by atoms with E-state index >= 15 is 0 Å². The number of carboxylic acid groups (broad SMARTS) is 1. The van der Waals surface area contributed by atoms with E-state index in [0.717, 1.165) is 6.07 Å². The average molecular weight is 270 g/mol. The van der Waals surface area contributed by atoms with Gasteiger partial charge >= 0.3 is 5.97 Å². The fraction of sp³-hybridized carbons (Fsp3) is 0.267. The summed E-state index contributed by atoms with van der Waals surface area (Å²) in [6.45, 7) is 2.22. The van der Waals surface area contributed by atoms with Gasteiger partial charge in [0.1, 0.15) is 0 Å². The maximum Gasteiger partial charge on any atom is 0.337 e. The summed E-state index contributed by atoms with van der Waals surface area (Å²) in [5.41, 5.74) is 1.63. The lowest BCUT2D eigenvalue weighted by atomic mass is 9.98. The Morgan fingerprint density at radius 1 is 1.30 bits per heavy atom. The Bertz CT molecular complexity index is 728. The van der Waals surface area contributed by atoms with Gasteiger partial charge in [-0.2, -0.15) is 9.78 Å². The summed E-state index contributed by atoms with van der Waals surface area (Å²) in [5, 5.41) is 12.7. The summed E-state index contributed by atoms with van der Waals surface area (Å²) in [5.74, 6) is -1.15. The highest BCUT2D eigenvalue weighted by molar-refractivity contribution is 5.86. The van der Waals surface area contributed by atoms with E-state index in [2.05, 4.69) is 12.0 Å². The molecule has 1 fully saturated rings. The molecule has 1 N–H and O–H groups in total. The minimum atomic E-state index is -1.15. The van der Waals surface area contributed by atoms with Gasteiger partial charge in [0.2, 0.25) is 0 Å². The molecule has 1 aromatic heterocycles. The van der Waals surface area contributed by atoms with Gasteiger partial charge in [-0.05, 0) is 36.0 Å². The molecule has 102 valence electrons. The van der Waals surface area contributed by atoms with Gasteiger partial charge in [0.05, 0.1) is 17.4 Å². The van der Waals surface area contributed by atoms with E-state index < -0.39 is 11.5 Å². The summed E-state index contributed by atoms with van der Waals surface area (Å²) in [4.78, 5) is 22.7.